The van der Waals surface area contributed by atoms with Crippen LogP contribution in [0.5, 0.6) is 0 Å². The highest BCUT2D eigenvalue weighted by Gasteiger charge is 2.34. The van der Waals surface area contributed by atoms with Gasteiger partial charge in [-0.3, -0.25) is 4.79 Å². The van der Waals surface area contributed by atoms with E-state index in [1.807, 2.05) is 0 Å². The predicted molar refractivity (Wildman–Crippen MR) is 116 cm³/mol. The van der Waals surface area contributed by atoms with Gasteiger partial charge in [0.05, 0.1) is 5.92 Å². The Morgan fingerprint density at radius 1 is 0.857 bits per heavy atom. The maximum atomic E-state index is 11.8. The zero-order valence-corrected chi connectivity index (χ0v) is 17.8. The van der Waals surface area contributed by atoms with E-state index in [1.165, 1.54) is 56.9 Å². The maximum absolute atomic E-state index is 11.8. The van der Waals surface area contributed by atoms with Crippen molar-refractivity contribution in [1.29, 1.82) is 0 Å². The number of hydrogen-bond acceptors (Lipinski definition) is 1. The van der Waals surface area contributed by atoms with Crippen LogP contribution in [0, 0.1) is 29.6 Å². The fraction of sp³-hybridized carbons (Fsp3) is 0.731. The largest absolute Gasteiger partial charge is 0.481 e. The zero-order chi connectivity index (χ0) is 19.8. The van der Waals surface area contributed by atoms with Gasteiger partial charge >= 0.3 is 5.97 Å². The van der Waals surface area contributed by atoms with E-state index in [0.717, 1.165) is 49.9 Å². The molecule has 156 valence electrons. The van der Waals surface area contributed by atoms with E-state index in [4.69, 9.17) is 0 Å². The van der Waals surface area contributed by atoms with Crippen LogP contribution in [0.1, 0.15) is 89.5 Å². The minimum Gasteiger partial charge on any atom is -0.481 e. The molecular formula is C26H40O2. The topological polar surface area (TPSA) is 37.3 Å². The molecule has 0 radical (unpaired) electrons. The van der Waals surface area contributed by atoms with Crippen LogP contribution in [-0.4, -0.2) is 11.1 Å². The molecule has 2 aliphatic rings. The molecule has 2 fully saturated rings. The third kappa shape index (κ3) is 6.36. The molecule has 3 rings (SSSR count). The SMILES string of the molecule is CCCC1CCC(CCC2CCC(C(=O)O)C(CCc3ccccc3)C2)CC1. The summed E-state index contributed by atoms with van der Waals surface area (Å²) >= 11 is 0. The van der Waals surface area contributed by atoms with E-state index in [2.05, 4.69) is 37.3 Å². The van der Waals surface area contributed by atoms with Crippen molar-refractivity contribution >= 4 is 5.97 Å². The monoisotopic (exact) mass is 384 g/mol. The van der Waals surface area contributed by atoms with Crippen molar-refractivity contribution in [1.82, 2.24) is 0 Å². The Labute approximate surface area is 172 Å². The van der Waals surface area contributed by atoms with Crippen LogP contribution in [0.2, 0.25) is 0 Å². The summed E-state index contributed by atoms with van der Waals surface area (Å²) < 4.78 is 0. The van der Waals surface area contributed by atoms with E-state index in [9.17, 15) is 9.90 Å². The number of carbonyl (C=O) groups is 1. The molecule has 1 aromatic rings. The minimum absolute atomic E-state index is 0.121. The average Bonchev–Trinajstić information content (AvgIpc) is 2.72. The van der Waals surface area contributed by atoms with Crippen LogP contribution in [0.3, 0.4) is 0 Å². The van der Waals surface area contributed by atoms with E-state index in [1.54, 1.807) is 0 Å². The lowest BCUT2D eigenvalue weighted by molar-refractivity contribution is -0.145. The Morgan fingerprint density at radius 2 is 1.46 bits per heavy atom. The lowest BCUT2D eigenvalue weighted by Gasteiger charge is -2.35. The maximum Gasteiger partial charge on any atom is 0.306 e. The highest BCUT2D eigenvalue weighted by atomic mass is 16.4. The lowest BCUT2D eigenvalue weighted by atomic mass is 9.69. The fourth-order valence-corrected chi connectivity index (χ4v) is 5.95. The van der Waals surface area contributed by atoms with Gasteiger partial charge in [-0.15, -0.1) is 0 Å². The molecule has 2 heteroatoms. The van der Waals surface area contributed by atoms with Crippen molar-refractivity contribution < 1.29 is 9.90 Å². The van der Waals surface area contributed by atoms with Crippen LogP contribution in [0.4, 0.5) is 0 Å². The summed E-state index contributed by atoms with van der Waals surface area (Å²) in [6.45, 7) is 2.31. The first-order chi connectivity index (χ1) is 13.7. The molecule has 0 aliphatic heterocycles. The van der Waals surface area contributed by atoms with Gasteiger partial charge in [-0.2, -0.15) is 0 Å². The summed E-state index contributed by atoms with van der Waals surface area (Å²) in [5.74, 6) is 2.36. The molecule has 0 heterocycles. The van der Waals surface area contributed by atoms with Crippen LogP contribution < -0.4 is 0 Å². The first-order valence-electron chi connectivity index (χ1n) is 11.9. The second-order valence-electron chi connectivity index (χ2n) is 9.66. The molecule has 1 N–H and O–H groups in total. The Bertz CT molecular complexity index is 573. The highest BCUT2D eigenvalue weighted by molar-refractivity contribution is 5.70. The van der Waals surface area contributed by atoms with E-state index in [0.29, 0.717) is 5.92 Å². The number of rotatable bonds is 9. The van der Waals surface area contributed by atoms with E-state index < -0.39 is 5.97 Å². The molecular weight excluding hydrogens is 344 g/mol. The Kier molecular flexibility index (Phi) is 8.43. The van der Waals surface area contributed by atoms with Crippen LogP contribution in [0.25, 0.3) is 0 Å². The summed E-state index contributed by atoms with van der Waals surface area (Å²) in [4.78, 5) is 11.8. The Balaban J connectivity index is 1.45. The number of aliphatic carboxylic acids is 1. The third-order valence-corrected chi connectivity index (χ3v) is 7.70. The second-order valence-corrected chi connectivity index (χ2v) is 9.66. The molecule has 2 saturated carbocycles. The van der Waals surface area contributed by atoms with Gasteiger partial charge < -0.3 is 5.11 Å². The number of carboxylic acid groups (broad SMARTS) is 1. The van der Waals surface area contributed by atoms with Gasteiger partial charge in [0, 0.05) is 0 Å². The predicted octanol–water partition coefficient (Wildman–Crippen LogP) is 7.12. The van der Waals surface area contributed by atoms with Crippen molar-refractivity contribution in [3.8, 4) is 0 Å². The zero-order valence-electron chi connectivity index (χ0n) is 17.8. The van der Waals surface area contributed by atoms with Crippen LogP contribution >= 0.6 is 0 Å². The van der Waals surface area contributed by atoms with Crippen molar-refractivity contribution in [3.05, 3.63) is 35.9 Å². The van der Waals surface area contributed by atoms with Crippen molar-refractivity contribution in [2.75, 3.05) is 0 Å². The first-order valence-corrected chi connectivity index (χ1v) is 11.9. The quantitative estimate of drug-likeness (QED) is 0.492. The first kappa shape index (κ1) is 21.4. The second kappa shape index (κ2) is 11.0. The summed E-state index contributed by atoms with van der Waals surface area (Å²) in [5, 5.41) is 9.69. The van der Waals surface area contributed by atoms with E-state index in [-0.39, 0.29) is 5.92 Å². The molecule has 2 nitrogen and oxygen atoms in total. The number of aryl methyl sites for hydroxylation is 1. The summed E-state index contributed by atoms with van der Waals surface area (Å²) in [5.41, 5.74) is 1.35. The molecule has 2 aliphatic carbocycles. The highest BCUT2D eigenvalue weighted by Crippen LogP contribution is 2.41. The normalized spacial score (nSPS) is 30.8. The third-order valence-electron chi connectivity index (χ3n) is 7.70. The smallest absolute Gasteiger partial charge is 0.306 e. The van der Waals surface area contributed by atoms with Gasteiger partial charge in [0.25, 0.3) is 0 Å². The van der Waals surface area contributed by atoms with Gasteiger partial charge in [0.1, 0.15) is 0 Å². The van der Waals surface area contributed by atoms with Crippen molar-refractivity contribution in [2.24, 2.45) is 29.6 Å². The van der Waals surface area contributed by atoms with Gasteiger partial charge in [0.15, 0.2) is 0 Å². The molecule has 0 spiro atoms. The molecule has 28 heavy (non-hydrogen) atoms. The van der Waals surface area contributed by atoms with Gasteiger partial charge in [0.2, 0.25) is 0 Å². The van der Waals surface area contributed by atoms with Gasteiger partial charge in [-0.1, -0.05) is 88.6 Å². The van der Waals surface area contributed by atoms with Crippen molar-refractivity contribution in [2.45, 2.75) is 90.4 Å². The molecule has 3 unspecified atom stereocenters. The molecule has 0 bridgehead atoms. The molecule has 0 aromatic heterocycles. The molecule has 1 aromatic carbocycles. The number of carboxylic acids is 1. The number of benzene rings is 1. The Hall–Kier alpha value is -1.31. The van der Waals surface area contributed by atoms with Crippen LogP contribution in [0.15, 0.2) is 30.3 Å². The Morgan fingerprint density at radius 3 is 2.11 bits per heavy atom. The standard InChI is InChI=1S/C26H40O2/c1-2-6-20-9-11-22(12-10-20)13-14-23-16-18-25(26(27)28)24(19-23)17-15-21-7-4-3-5-8-21/h3-5,7-8,20,22-25H,2,6,9-19H2,1H3,(H,27,28). The molecule has 0 saturated heterocycles. The number of hydrogen-bond donors (Lipinski definition) is 1. The average molecular weight is 385 g/mol. The minimum atomic E-state index is -0.564. The fourth-order valence-electron chi connectivity index (χ4n) is 5.95. The van der Waals surface area contributed by atoms with Gasteiger partial charge in [-0.05, 0) is 61.3 Å². The summed E-state index contributed by atoms with van der Waals surface area (Å²) in [7, 11) is 0. The lowest BCUT2D eigenvalue weighted by Crippen LogP contribution is -2.31. The van der Waals surface area contributed by atoms with Crippen LogP contribution in [-0.2, 0) is 11.2 Å². The van der Waals surface area contributed by atoms with E-state index >= 15 is 0 Å². The van der Waals surface area contributed by atoms with Gasteiger partial charge in [-0.25, -0.2) is 0 Å². The molecule has 0 amide bonds. The molecule has 3 atom stereocenters. The van der Waals surface area contributed by atoms with Crippen molar-refractivity contribution in [3.63, 3.8) is 0 Å². The summed E-state index contributed by atoms with van der Waals surface area (Å²) in [6.07, 6.45) is 16.4. The summed E-state index contributed by atoms with van der Waals surface area (Å²) in [6, 6.07) is 10.6.